The fourth-order valence-electron chi connectivity index (χ4n) is 6.64. The average Bonchev–Trinajstić information content (AvgIpc) is 3.22. The van der Waals surface area contributed by atoms with E-state index < -0.39 is 6.10 Å². The third kappa shape index (κ3) is 44.2. The van der Waals surface area contributed by atoms with Gasteiger partial charge in [-0.05, 0) is 64.2 Å². The minimum atomic E-state index is -0.781. The van der Waals surface area contributed by atoms with E-state index >= 15 is 0 Å². The SMILES string of the molecule is CC/C=C\C/C=C\C/C=C\C/C=C\C/C=C\CCCCCC(=O)OCC(COC(=O)CCCCCCC)OC(=O)CCCCCCCCCCCCCCCCCC. The molecule has 0 heterocycles. The summed E-state index contributed by atoms with van der Waals surface area (Å²) >= 11 is 0. The molecule has 0 aliphatic rings. The average molecular weight is 811 g/mol. The lowest BCUT2D eigenvalue weighted by Gasteiger charge is -2.18. The normalized spacial score (nSPS) is 12.5. The highest BCUT2D eigenvalue weighted by molar-refractivity contribution is 5.71. The number of carbonyl (C=O) groups is 3. The van der Waals surface area contributed by atoms with Gasteiger partial charge >= 0.3 is 17.9 Å². The summed E-state index contributed by atoms with van der Waals surface area (Å²) in [5.74, 6) is -0.928. The molecule has 0 aromatic rings. The van der Waals surface area contributed by atoms with Gasteiger partial charge in [0.25, 0.3) is 0 Å². The Morgan fingerprint density at radius 3 is 1.05 bits per heavy atom. The molecule has 0 fully saturated rings. The molecular weight excluding hydrogens is 721 g/mol. The summed E-state index contributed by atoms with van der Waals surface area (Å²) in [4.78, 5) is 37.6. The summed E-state index contributed by atoms with van der Waals surface area (Å²) in [5.41, 5.74) is 0. The van der Waals surface area contributed by atoms with Crippen molar-refractivity contribution in [1.82, 2.24) is 0 Å². The van der Waals surface area contributed by atoms with Crippen LogP contribution in [0.25, 0.3) is 0 Å². The van der Waals surface area contributed by atoms with Crippen LogP contribution in [0.4, 0.5) is 0 Å². The van der Waals surface area contributed by atoms with Gasteiger partial charge in [0.15, 0.2) is 6.10 Å². The zero-order valence-electron chi connectivity index (χ0n) is 38.0. The van der Waals surface area contributed by atoms with Crippen LogP contribution in [0.3, 0.4) is 0 Å². The maximum absolute atomic E-state index is 12.7. The highest BCUT2D eigenvalue weighted by Crippen LogP contribution is 2.15. The second-order valence-corrected chi connectivity index (χ2v) is 16.0. The Bertz CT molecular complexity index is 1070. The number of carbonyl (C=O) groups excluding carboxylic acids is 3. The van der Waals surface area contributed by atoms with Crippen LogP contribution in [-0.2, 0) is 28.6 Å². The summed E-state index contributed by atoms with van der Waals surface area (Å²) in [7, 11) is 0. The van der Waals surface area contributed by atoms with Gasteiger partial charge in [-0.1, -0.05) is 210 Å². The van der Waals surface area contributed by atoms with Crippen LogP contribution in [0.1, 0.15) is 233 Å². The van der Waals surface area contributed by atoms with Crippen LogP contribution >= 0.6 is 0 Å². The number of hydrogen-bond donors (Lipinski definition) is 0. The summed E-state index contributed by atoms with van der Waals surface area (Å²) in [5, 5.41) is 0. The number of rotatable bonds is 43. The van der Waals surface area contributed by atoms with E-state index in [9.17, 15) is 14.4 Å². The van der Waals surface area contributed by atoms with Crippen LogP contribution in [0.2, 0.25) is 0 Å². The Kier molecular flexibility index (Phi) is 44.5. The van der Waals surface area contributed by atoms with Crippen LogP contribution < -0.4 is 0 Å². The van der Waals surface area contributed by atoms with E-state index in [2.05, 4.69) is 81.5 Å². The third-order valence-electron chi connectivity index (χ3n) is 10.3. The van der Waals surface area contributed by atoms with Crippen molar-refractivity contribution in [2.45, 2.75) is 239 Å². The van der Waals surface area contributed by atoms with Crippen LogP contribution in [0, 0.1) is 0 Å². The molecule has 0 aliphatic heterocycles. The van der Waals surface area contributed by atoms with E-state index in [0.29, 0.717) is 19.3 Å². The number of esters is 3. The van der Waals surface area contributed by atoms with E-state index in [1.807, 2.05) is 0 Å². The standard InChI is InChI=1S/C52H90O6/c1-4-7-10-13-15-17-19-21-23-25-26-27-29-30-32-34-36-39-42-45-51(54)57-48-49(47-56-50(53)44-41-38-12-9-6-3)58-52(55)46-43-40-37-35-33-31-28-24-22-20-18-16-14-11-8-5-2/h7,10,15,17,21,23,26-27,30,32,49H,4-6,8-9,11-14,16,18-20,22,24-25,28-29,31,33-48H2,1-3H3/b10-7-,17-15-,23-21-,27-26-,32-30-. The van der Waals surface area contributed by atoms with Crippen molar-refractivity contribution in [3.05, 3.63) is 60.8 Å². The van der Waals surface area contributed by atoms with Gasteiger partial charge in [0.05, 0.1) is 0 Å². The lowest BCUT2D eigenvalue weighted by Crippen LogP contribution is -2.30. The number of unbranched alkanes of at least 4 members (excludes halogenated alkanes) is 22. The molecule has 0 spiro atoms. The van der Waals surface area contributed by atoms with Gasteiger partial charge in [-0.15, -0.1) is 0 Å². The maximum Gasteiger partial charge on any atom is 0.306 e. The largest absolute Gasteiger partial charge is 0.462 e. The predicted octanol–water partition coefficient (Wildman–Crippen LogP) is 15.7. The second kappa shape index (κ2) is 46.8. The molecule has 0 aromatic heterocycles. The van der Waals surface area contributed by atoms with E-state index in [0.717, 1.165) is 103 Å². The van der Waals surface area contributed by atoms with E-state index in [-0.39, 0.29) is 31.1 Å². The van der Waals surface area contributed by atoms with Crippen molar-refractivity contribution in [1.29, 1.82) is 0 Å². The van der Waals surface area contributed by atoms with Crippen LogP contribution in [0.15, 0.2) is 60.8 Å². The molecule has 0 bridgehead atoms. The predicted molar refractivity (Wildman–Crippen MR) is 247 cm³/mol. The zero-order valence-corrected chi connectivity index (χ0v) is 38.0. The van der Waals surface area contributed by atoms with Gasteiger partial charge in [-0.3, -0.25) is 14.4 Å². The smallest absolute Gasteiger partial charge is 0.306 e. The van der Waals surface area contributed by atoms with Crippen molar-refractivity contribution in [2.24, 2.45) is 0 Å². The van der Waals surface area contributed by atoms with E-state index in [1.165, 1.54) is 89.9 Å². The number of allylic oxidation sites excluding steroid dienone is 10. The molecule has 1 atom stereocenters. The molecule has 0 N–H and O–H groups in total. The van der Waals surface area contributed by atoms with Crippen molar-refractivity contribution in [3.63, 3.8) is 0 Å². The topological polar surface area (TPSA) is 78.9 Å². The first kappa shape index (κ1) is 55.1. The van der Waals surface area contributed by atoms with Crippen molar-refractivity contribution in [2.75, 3.05) is 13.2 Å². The quantitative estimate of drug-likeness (QED) is 0.0264. The molecular formula is C52H90O6. The highest BCUT2D eigenvalue weighted by atomic mass is 16.6. The zero-order chi connectivity index (χ0) is 42.3. The first-order valence-corrected chi connectivity index (χ1v) is 24.3. The van der Waals surface area contributed by atoms with Crippen LogP contribution in [0.5, 0.6) is 0 Å². The van der Waals surface area contributed by atoms with E-state index in [4.69, 9.17) is 14.2 Å². The maximum atomic E-state index is 12.7. The molecule has 0 aliphatic carbocycles. The van der Waals surface area contributed by atoms with Gasteiger partial charge in [-0.2, -0.15) is 0 Å². The molecule has 334 valence electrons. The molecule has 6 nitrogen and oxygen atoms in total. The fraction of sp³-hybridized carbons (Fsp3) is 0.750. The third-order valence-corrected chi connectivity index (χ3v) is 10.3. The van der Waals surface area contributed by atoms with Gasteiger partial charge in [-0.25, -0.2) is 0 Å². The molecule has 0 aromatic carbocycles. The highest BCUT2D eigenvalue weighted by Gasteiger charge is 2.19. The Morgan fingerprint density at radius 1 is 0.362 bits per heavy atom. The van der Waals surface area contributed by atoms with E-state index in [1.54, 1.807) is 0 Å². The van der Waals surface area contributed by atoms with Gasteiger partial charge < -0.3 is 14.2 Å². The first-order chi connectivity index (χ1) is 28.5. The lowest BCUT2D eigenvalue weighted by molar-refractivity contribution is -0.167. The summed E-state index contributed by atoms with van der Waals surface area (Å²) in [6, 6.07) is 0. The monoisotopic (exact) mass is 811 g/mol. The first-order valence-electron chi connectivity index (χ1n) is 24.3. The van der Waals surface area contributed by atoms with Crippen molar-refractivity contribution >= 4 is 17.9 Å². The van der Waals surface area contributed by atoms with Crippen LogP contribution in [-0.4, -0.2) is 37.2 Å². The molecule has 6 heteroatoms. The Hall–Kier alpha value is -2.89. The number of ether oxygens (including phenoxy) is 3. The molecule has 0 saturated carbocycles. The summed E-state index contributed by atoms with van der Waals surface area (Å²) in [6.45, 7) is 6.41. The summed E-state index contributed by atoms with van der Waals surface area (Å²) in [6.07, 6.45) is 56.7. The summed E-state index contributed by atoms with van der Waals surface area (Å²) < 4.78 is 16.6. The molecule has 0 amide bonds. The molecule has 0 saturated heterocycles. The van der Waals surface area contributed by atoms with Gasteiger partial charge in [0.1, 0.15) is 13.2 Å². The fourth-order valence-corrected chi connectivity index (χ4v) is 6.64. The Labute approximate surface area is 358 Å². The molecule has 0 radical (unpaired) electrons. The van der Waals surface area contributed by atoms with Crippen molar-refractivity contribution < 1.29 is 28.6 Å². The molecule has 58 heavy (non-hydrogen) atoms. The number of hydrogen-bond acceptors (Lipinski definition) is 6. The van der Waals surface area contributed by atoms with Gasteiger partial charge in [0.2, 0.25) is 0 Å². The minimum absolute atomic E-state index is 0.0843. The van der Waals surface area contributed by atoms with Crippen molar-refractivity contribution in [3.8, 4) is 0 Å². The molecule has 1 unspecified atom stereocenters. The molecule has 0 rings (SSSR count). The Morgan fingerprint density at radius 2 is 0.672 bits per heavy atom. The van der Waals surface area contributed by atoms with Gasteiger partial charge in [0, 0.05) is 19.3 Å². The lowest BCUT2D eigenvalue weighted by atomic mass is 10.0. The minimum Gasteiger partial charge on any atom is -0.462 e. The Balaban J connectivity index is 4.25. The second-order valence-electron chi connectivity index (χ2n) is 16.0.